The van der Waals surface area contributed by atoms with Crippen molar-refractivity contribution in [1.82, 2.24) is 20.1 Å². The topological polar surface area (TPSA) is 146 Å². The number of carbonyl (C=O) groups is 1. The second-order valence-corrected chi connectivity index (χ2v) is 8.77. The van der Waals surface area contributed by atoms with Gasteiger partial charge < -0.3 is 5.32 Å². The maximum Gasteiger partial charge on any atom is 0.269 e. The van der Waals surface area contributed by atoms with Crippen LogP contribution in [0.1, 0.15) is 17.0 Å². The van der Waals surface area contributed by atoms with Gasteiger partial charge in [0.05, 0.1) is 16.4 Å². The molecule has 4 aromatic rings. The van der Waals surface area contributed by atoms with E-state index in [-0.39, 0.29) is 23.7 Å². The van der Waals surface area contributed by atoms with E-state index in [1.54, 1.807) is 28.8 Å². The molecule has 192 valence electrons. The molecule has 1 amide bonds. The first kappa shape index (κ1) is 26.2. The Balaban J connectivity index is 1.50. The number of nitro benzene ring substituents is 2. The van der Waals surface area contributed by atoms with Crippen molar-refractivity contribution in [3.8, 4) is 5.69 Å². The van der Waals surface area contributed by atoms with Crippen LogP contribution >= 0.6 is 11.8 Å². The number of nitrogens with zero attached hydrogens (tertiary/aromatic N) is 5. The first-order valence-electron chi connectivity index (χ1n) is 11.1. The van der Waals surface area contributed by atoms with Crippen molar-refractivity contribution in [2.24, 2.45) is 0 Å². The molecule has 0 aliphatic heterocycles. The van der Waals surface area contributed by atoms with Crippen LogP contribution in [0.15, 0.2) is 84.0 Å². The van der Waals surface area contributed by atoms with Gasteiger partial charge in [0, 0.05) is 41.8 Å². The summed E-state index contributed by atoms with van der Waals surface area (Å²) in [5.41, 5.74) is 1.91. The van der Waals surface area contributed by atoms with Crippen LogP contribution < -0.4 is 5.32 Å². The van der Waals surface area contributed by atoms with Crippen LogP contribution in [0.3, 0.4) is 0 Å². The Morgan fingerprint density at radius 2 is 1.53 bits per heavy atom. The average Bonchev–Trinajstić information content (AvgIpc) is 3.33. The minimum absolute atomic E-state index is 0.00449. The van der Waals surface area contributed by atoms with Crippen LogP contribution in [0, 0.1) is 26.0 Å². The van der Waals surface area contributed by atoms with Crippen LogP contribution in [-0.4, -0.2) is 30.5 Å². The standard InChI is InChI=1S/C25H19FN6O5S/c26-19-6-1-18(2-7-19)16-38-25-29-28-23(30(25)20-10-12-22(13-11-20)32(36)37)15-27-24(33)14-5-17-3-8-21(9-4-17)31(34)35/h1-14H,15-16H2,(H,27,33)/b14-5+. The molecular weight excluding hydrogens is 515 g/mol. The maximum atomic E-state index is 13.2. The molecule has 4 rings (SSSR count). The summed E-state index contributed by atoms with van der Waals surface area (Å²) in [6, 6.07) is 17.6. The summed E-state index contributed by atoms with van der Waals surface area (Å²) < 4.78 is 14.9. The highest BCUT2D eigenvalue weighted by atomic mass is 32.2. The Bertz CT molecular complexity index is 1490. The van der Waals surface area contributed by atoms with Crippen molar-refractivity contribution in [3.05, 3.63) is 122 Å². The van der Waals surface area contributed by atoms with Gasteiger partial charge >= 0.3 is 0 Å². The highest BCUT2D eigenvalue weighted by Gasteiger charge is 2.16. The van der Waals surface area contributed by atoms with E-state index in [1.807, 2.05) is 0 Å². The van der Waals surface area contributed by atoms with Gasteiger partial charge in [-0.15, -0.1) is 10.2 Å². The fourth-order valence-electron chi connectivity index (χ4n) is 3.32. The Morgan fingerprint density at radius 3 is 2.13 bits per heavy atom. The van der Waals surface area contributed by atoms with E-state index < -0.39 is 15.8 Å². The fourth-order valence-corrected chi connectivity index (χ4v) is 4.25. The molecule has 0 saturated heterocycles. The molecular formula is C25H19FN6O5S. The zero-order chi connectivity index (χ0) is 27.1. The van der Waals surface area contributed by atoms with Crippen molar-refractivity contribution < 1.29 is 19.0 Å². The molecule has 38 heavy (non-hydrogen) atoms. The van der Waals surface area contributed by atoms with Crippen molar-refractivity contribution >= 4 is 35.1 Å². The van der Waals surface area contributed by atoms with Gasteiger partial charge in [-0.3, -0.25) is 29.6 Å². The Hall–Kier alpha value is -4.91. The van der Waals surface area contributed by atoms with Gasteiger partial charge in [-0.25, -0.2) is 4.39 Å². The summed E-state index contributed by atoms with van der Waals surface area (Å²) in [5, 5.41) is 33.4. The van der Waals surface area contributed by atoms with Crippen molar-refractivity contribution in [2.45, 2.75) is 17.5 Å². The first-order valence-corrected chi connectivity index (χ1v) is 12.1. The highest BCUT2D eigenvalue weighted by molar-refractivity contribution is 7.98. The largest absolute Gasteiger partial charge is 0.345 e. The van der Waals surface area contributed by atoms with Gasteiger partial charge in [-0.2, -0.15) is 0 Å². The highest BCUT2D eigenvalue weighted by Crippen LogP contribution is 2.26. The monoisotopic (exact) mass is 534 g/mol. The van der Waals surface area contributed by atoms with Crippen LogP contribution in [0.4, 0.5) is 15.8 Å². The quantitative estimate of drug-likeness (QED) is 0.132. The third-order valence-electron chi connectivity index (χ3n) is 5.25. The van der Waals surface area contributed by atoms with Crippen LogP contribution in [0.5, 0.6) is 0 Å². The van der Waals surface area contributed by atoms with E-state index in [0.29, 0.717) is 28.0 Å². The number of non-ortho nitro benzene ring substituents is 2. The SMILES string of the molecule is O=C(/C=C/c1ccc([N+](=O)[O-])cc1)NCc1nnc(SCc2ccc(F)cc2)n1-c1ccc([N+](=O)[O-])cc1. The molecule has 0 atom stereocenters. The average molecular weight is 535 g/mol. The minimum Gasteiger partial charge on any atom is -0.345 e. The number of rotatable bonds is 10. The first-order chi connectivity index (χ1) is 18.3. The lowest BCUT2D eigenvalue weighted by atomic mass is 10.2. The second-order valence-electron chi connectivity index (χ2n) is 7.82. The number of aromatic nitrogens is 3. The molecule has 0 aliphatic rings. The zero-order valence-corrected chi connectivity index (χ0v) is 20.4. The molecule has 1 N–H and O–H groups in total. The van der Waals surface area contributed by atoms with Crippen molar-refractivity contribution in [2.75, 3.05) is 0 Å². The maximum absolute atomic E-state index is 13.2. The van der Waals surface area contributed by atoms with Crippen LogP contribution in [0.2, 0.25) is 0 Å². The number of hydrogen-bond donors (Lipinski definition) is 1. The lowest BCUT2D eigenvalue weighted by Crippen LogP contribution is -2.22. The van der Waals surface area contributed by atoms with E-state index in [0.717, 1.165) is 5.56 Å². The van der Waals surface area contributed by atoms with E-state index in [9.17, 15) is 29.4 Å². The summed E-state index contributed by atoms with van der Waals surface area (Å²) in [7, 11) is 0. The third kappa shape index (κ3) is 6.64. The predicted octanol–water partition coefficient (Wildman–Crippen LogP) is 4.84. The summed E-state index contributed by atoms with van der Waals surface area (Å²) in [4.78, 5) is 33.2. The number of halogens is 1. The smallest absolute Gasteiger partial charge is 0.269 e. The van der Waals surface area contributed by atoms with Gasteiger partial charge in [0.2, 0.25) is 5.91 Å². The van der Waals surface area contributed by atoms with Crippen LogP contribution in [-0.2, 0) is 17.1 Å². The molecule has 0 bridgehead atoms. The molecule has 13 heteroatoms. The van der Waals surface area contributed by atoms with E-state index >= 15 is 0 Å². The molecule has 1 aromatic heterocycles. The molecule has 0 radical (unpaired) electrons. The summed E-state index contributed by atoms with van der Waals surface area (Å²) in [5.74, 6) is 0.0866. The summed E-state index contributed by atoms with van der Waals surface area (Å²) in [6.45, 7) is 0.00449. The van der Waals surface area contributed by atoms with Gasteiger partial charge in [-0.1, -0.05) is 23.9 Å². The van der Waals surface area contributed by atoms with E-state index in [2.05, 4.69) is 15.5 Å². The predicted molar refractivity (Wildman–Crippen MR) is 138 cm³/mol. The number of nitrogens with one attached hydrogen (secondary N) is 1. The number of carbonyl (C=O) groups excluding carboxylic acids is 1. The van der Waals surface area contributed by atoms with Crippen molar-refractivity contribution in [1.29, 1.82) is 0 Å². The molecule has 0 unspecified atom stereocenters. The lowest BCUT2D eigenvalue weighted by molar-refractivity contribution is -0.385. The fraction of sp³-hybridized carbons (Fsp3) is 0.0800. The summed E-state index contributed by atoms with van der Waals surface area (Å²) >= 11 is 1.34. The van der Waals surface area contributed by atoms with Gasteiger partial charge in [0.1, 0.15) is 5.82 Å². The second kappa shape index (κ2) is 11.9. The molecule has 3 aromatic carbocycles. The zero-order valence-electron chi connectivity index (χ0n) is 19.6. The van der Waals surface area contributed by atoms with Gasteiger partial charge in [-0.05, 0) is 53.6 Å². The molecule has 0 spiro atoms. The van der Waals surface area contributed by atoms with Gasteiger partial charge in [0.15, 0.2) is 11.0 Å². The lowest BCUT2D eigenvalue weighted by Gasteiger charge is -2.10. The van der Waals surface area contributed by atoms with E-state index in [4.69, 9.17) is 0 Å². The number of benzene rings is 3. The number of amides is 1. The van der Waals surface area contributed by atoms with Gasteiger partial charge in [0.25, 0.3) is 11.4 Å². The van der Waals surface area contributed by atoms with Crippen LogP contribution in [0.25, 0.3) is 11.8 Å². The number of hydrogen-bond acceptors (Lipinski definition) is 8. The van der Waals surface area contributed by atoms with E-state index in [1.165, 1.54) is 72.4 Å². The Morgan fingerprint density at radius 1 is 0.921 bits per heavy atom. The Kier molecular flexibility index (Phi) is 8.18. The normalized spacial score (nSPS) is 11.0. The molecule has 0 saturated carbocycles. The molecule has 0 fully saturated rings. The minimum atomic E-state index is -0.506. The molecule has 0 aliphatic carbocycles. The third-order valence-corrected chi connectivity index (χ3v) is 6.25. The molecule has 1 heterocycles. The molecule has 11 nitrogen and oxygen atoms in total. The number of nitro groups is 2. The summed E-state index contributed by atoms with van der Waals surface area (Å²) in [6.07, 6.45) is 2.81. The Labute approximate surface area is 219 Å². The number of thioether (sulfide) groups is 1. The van der Waals surface area contributed by atoms with Crippen molar-refractivity contribution in [3.63, 3.8) is 0 Å².